The average molecular weight is 383 g/mol. The van der Waals surface area contributed by atoms with Gasteiger partial charge in [0.1, 0.15) is 0 Å². The summed E-state index contributed by atoms with van der Waals surface area (Å²) in [6.45, 7) is 2.43. The lowest BCUT2D eigenvalue weighted by atomic mass is 9.97. The molecule has 1 aliphatic heterocycles. The molecule has 0 saturated carbocycles. The number of hydrogen-bond acceptors (Lipinski definition) is 4. The van der Waals surface area contributed by atoms with Crippen LogP contribution in [0.3, 0.4) is 0 Å². The van der Waals surface area contributed by atoms with Crippen LogP contribution in [-0.2, 0) is 14.8 Å². The van der Waals surface area contributed by atoms with Crippen LogP contribution >= 0.6 is 0 Å². The standard InChI is InChI=1S/C20H21N3O3S/c1-15-4-2-3-5-19(15)27(25,26)23-12-10-17(11-13-23)20(24)22-18-8-6-16(14-21)7-9-18/h2-9,17H,10-13H2,1H3,(H,22,24). The lowest BCUT2D eigenvalue weighted by Crippen LogP contribution is -2.41. The van der Waals surface area contributed by atoms with Gasteiger partial charge in [0.2, 0.25) is 15.9 Å². The SMILES string of the molecule is Cc1ccccc1S(=O)(=O)N1CCC(C(=O)Nc2ccc(C#N)cc2)CC1. The molecule has 1 saturated heterocycles. The van der Waals surface area contributed by atoms with E-state index in [4.69, 9.17) is 5.26 Å². The van der Waals surface area contributed by atoms with Gasteiger partial charge in [-0.2, -0.15) is 9.57 Å². The lowest BCUT2D eigenvalue weighted by molar-refractivity contribution is -0.120. The molecule has 0 atom stereocenters. The first-order valence-electron chi connectivity index (χ1n) is 8.78. The first-order chi connectivity index (χ1) is 12.9. The number of nitrogens with zero attached hydrogens (tertiary/aromatic N) is 2. The Kier molecular flexibility index (Phi) is 5.59. The Hall–Kier alpha value is -2.69. The van der Waals surface area contributed by atoms with Crippen molar-refractivity contribution in [1.82, 2.24) is 4.31 Å². The van der Waals surface area contributed by atoms with Gasteiger partial charge in [0.25, 0.3) is 0 Å². The molecule has 1 amide bonds. The van der Waals surface area contributed by atoms with Crippen LogP contribution < -0.4 is 5.32 Å². The summed E-state index contributed by atoms with van der Waals surface area (Å²) in [6.07, 6.45) is 0.959. The minimum Gasteiger partial charge on any atom is -0.326 e. The molecule has 2 aromatic carbocycles. The fraction of sp³-hybridized carbons (Fsp3) is 0.300. The van der Waals surface area contributed by atoms with Gasteiger partial charge >= 0.3 is 0 Å². The molecule has 0 radical (unpaired) electrons. The molecule has 0 spiro atoms. The molecule has 7 heteroatoms. The highest BCUT2D eigenvalue weighted by Crippen LogP contribution is 2.26. The van der Waals surface area contributed by atoms with E-state index in [9.17, 15) is 13.2 Å². The molecule has 140 valence electrons. The van der Waals surface area contributed by atoms with Gasteiger partial charge in [-0.3, -0.25) is 4.79 Å². The minimum atomic E-state index is -3.54. The molecule has 1 N–H and O–H groups in total. The van der Waals surface area contributed by atoms with Crippen molar-refractivity contribution in [3.63, 3.8) is 0 Å². The molecule has 1 heterocycles. The number of carbonyl (C=O) groups is 1. The second-order valence-electron chi connectivity index (χ2n) is 6.62. The molecule has 27 heavy (non-hydrogen) atoms. The summed E-state index contributed by atoms with van der Waals surface area (Å²) in [5.74, 6) is -0.350. The predicted molar refractivity (Wildman–Crippen MR) is 102 cm³/mol. The number of piperidine rings is 1. The third-order valence-electron chi connectivity index (χ3n) is 4.82. The summed E-state index contributed by atoms with van der Waals surface area (Å²) >= 11 is 0. The molecular weight excluding hydrogens is 362 g/mol. The van der Waals surface area contributed by atoms with E-state index < -0.39 is 10.0 Å². The van der Waals surface area contributed by atoms with Crippen LogP contribution in [0.1, 0.15) is 24.0 Å². The number of amides is 1. The van der Waals surface area contributed by atoms with Gasteiger partial charge in [0.05, 0.1) is 16.5 Å². The zero-order valence-corrected chi connectivity index (χ0v) is 15.9. The van der Waals surface area contributed by atoms with Crippen molar-refractivity contribution in [2.75, 3.05) is 18.4 Å². The van der Waals surface area contributed by atoms with E-state index in [0.29, 0.717) is 42.1 Å². The Morgan fingerprint density at radius 1 is 1.11 bits per heavy atom. The molecule has 1 aliphatic rings. The Labute approximate surface area is 159 Å². The number of sulfonamides is 1. The maximum absolute atomic E-state index is 12.8. The number of hydrogen-bond donors (Lipinski definition) is 1. The van der Waals surface area contributed by atoms with Crippen molar-refractivity contribution >= 4 is 21.6 Å². The van der Waals surface area contributed by atoms with Crippen LogP contribution in [0.4, 0.5) is 5.69 Å². The van der Waals surface area contributed by atoms with Crippen molar-refractivity contribution in [3.05, 3.63) is 59.7 Å². The monoisotopic (exact) mass is 383 g/mol. The van der Waals surface area contributed by atoms with Crippen LogP contribution in [0.5, 0.6) is 0 Å². The van der Waals surface area contributed by atoms with E-state index in [1.165, 1.54) is 4.31 Å². The third kappa shape index (κ3) is 4.18. The number of nitriles is 1. The van der Waals surface area contributed by atoms with Crippen LogP contribution in [0.25, 0.3) is 0 Å². The van der Waals surface area contributed by atoms with Crippen LogP contribution in [-0.4, -0.2) is 31.7 Å². The van der Waals surface area contributed by atoms with E-state index in [1.807, 2.05) is 12.1 Å². The van der Waals surface area contributed by atoms with Crippen LogP contribution in [0.2, 0.25) is 0 Å². The zero-order chi connectivity index (χ0) is 19.4. The summed E-state index contributed by atoms with van der Waals surface area (Å²) in [5.41, 5.74) is 1.88. The van der Waals surface area contributed by atoms with Gasteiger partial charge in [-0.15, -0.1) is 0 Å². The van der Waals surface area contributed by atoms with E-state index in [0.717, 1.165) is 5.56 Å². The summed E-state index contributed by atoms with van der Waals surface area (Å²) in [7, 11) is -3.54. The number of aryl methyl sites for hydroxylation is 1. The largest absolute Gasteiger partial charge is 0.326 e. The molecule has 1 fully saturated rings. The first kappa shape index (κ1) is 19.1. The minimum absolute atomic E-state index is 0.118. The average Bonchev–Trinajstić information content (AvgIpc) is 2.69. The molecule has 2 aromatic rings. The van der Waals surface area contributed by atoms with Crippen molar-refractivity contribution in [3.8, 4) is 6.07 Å². The second kappa shape index (κ2) is 7.91. The molecule has 0 aromatic heterocycles. The molecule has 0 aliphatic carbocycles. The van der Waals surface area contributed by atoms with Gasteiger partial charge in [-0.25, -0.2) is 8.42 Å². The summed E-state index contributed by atoms with van der Waals surface area (Å²) in [6, 6.07) is 15.6. The summed E-state index contributed by atoms with van der Waals surface area (Å²) in [4.78, 5) is 12.8. The first-order valence-corrected chi connectivity index (χ1v) is 10.2. The lowest BCUT2D eigenvalue weighted by Gasteiger charge is -2.31. The third-order valence-corrected chi connectivity index (χ3v) is 6.88. The summed E-state index contributed by atoms with van der Waals surface area (Å²) in [5, 5.41) is 11.7. The van der Waals surface area contributed by atoms with Crippen molar-refractivity contribution in [2.24, 2.45) is 5.92 Å². The highest BCUT2D eigenvalue weighted by molar-refractivity contribution is 7.89. The van der Waals surface area contributed by atoms with Gasteiger partial charge < -0.3 is 5.32 Å². The maximum atomic E-state index is 12.8. The Balaban J connectivity index is 1.62. The molecule has 0 unspecified atom stereocenters. The van der Waals surface area contributed by atoms with Crippen molar-refractivity contribution in [1.29, 1.82) is 5.26 Å². The summed E-state index contributed by atoms with van der Waals surface area (Å²) < 4.78 is 27.1. The highest BCUT2D eigenvalue weighted by atomic mass is 32.2. The fourth-order valence-corrected chi connectivity index (χ4v) is 4.91. The molecule has 6 nitrogen and oxygen atoms in total. The quantitative estimate of drug-likeness (QED) is 0.879. The van der Waals surface area contributed by atoms with Gasteiger partial charge in [-0.05, 0) is 55.7 Å². The predicted octanol–water partition coefficient (Wildman–Crippen LogP) is 2.91. The number of anilines is 1. The Morgan fingerprint density at radius 2 is 1.74 bits per heavy atom. The maximum Gasteiger partial charge on any atom is 0.243 e. The Bertz CT molecular complexity index is 970. The molecule has 3 rings (SSSR count). The van der Waals surface area contributed by atoms with Crippen LogP contribution in [0.15, 0.2) is 53.4 Å². The van der Waals surface area contributed by atoms with Crippen molar-refractivity contribution < 1.29 is 13.2 Å². The molecular formula is C20H21N3O3S. The van der Waals surface area contributed by atoms with E-state index in [2.05, 4.69) is 5.32 Å². The van der Waals surface area contributed by atoms with Crippen molar-refractivity contribution in [2.45, 2.75) is 24.7 Å². The van der Waals surface area contributed by atoms with Crippen LogP contribution in [0, 0.1) is 24.2 Å². The van der Waals surface area contributed by atoms with E-state index in [1.54, 1.807) is 49.4 Å². The van der Waals surface area contributed by atoms with Gasteiger partial charge in [0.15, 0.2) is 0 Å². The Morgan fingerprint density at radius 3 is 2.33 bits per heavy atom. The molecule has 0 bridgehead atoms. The topological polar surface area (TPSA) is 90.3 Å². The number of nitrogens with one attached hydrogen (secondary N) is 1. The van der Waals surface area contributed by atoms with Gasteiger partial charge in [0, 0.05) is 24.7 Å². The highest BCUT2D eigenvalue weighted by Gasteiger charge is 2.32. The van der Waals surface area contributed by atoms with E-state index >= 15 is 0 Å². The fourth-order valence-electron chi connectivity index (χ4n) is 3.22. The second-order valence-corrected chi connectivity index (χ2v) is 8.53. The zero-order valence-electron chi connectivity index (χ0n) is 15.1. The van der Waals surface area contributed by atoms with Gasteiger partial charge in [-0.1, -0.05) is 18.2 Å². The van der Waals surface area contributed by atoms with E-state index in [-0.39, 0.29) is 11.8 Å². The number of carbonyl (C=O) groups excluding carboxylic acids is 1. The normalized spacial score (nSPS) is 15.9. The number of rotatable bonds is 4. The number of benzene rings is 2. The smallest absolute Gasteiger partial charge is 0.243 e.